The summed E-state index contributed by atoms with van der Waals surface area (Å²) < 4.78 is 12.6. The van der Waals surface area contributed by atoms with Gasteiger partial charge in [-0.15, -0.1) is 0 Å². The monoisotopic (exact) mass is 309 g/mol. The van der Waals surface area contributed by atoms with E-state index in [0.29, 0.717) is 31.3 Å². The molecule has 1 N–H and O–H groups in total. The fourth-order valence-corrected chi connectivity index (χ4v) is 2.50. The normalized spacial score (nSPS) is 10.8. The van der Waals surface area contributed by atoms with Gasteiger partial charge in [-0.05, 0) is 19.1 Å². The summed E-state index contributed by atoms with van der Waals surface area (Å²) in [5, 5.41) is 3.66. The molecule has 0 atom stereocenters. The second kappa shape index (κ2) is 7.90. The molecule has 0 radical (unpaired) electrons. The number of aromatic nitrogens is 2. The predicted octanol–water partition coefficient (Wildman–Crippen LogP) is 2.07. The van der Waals surface area contributed by atoms with Crippen LogP contribution in [0.25, 0.3) is 0 Å². The van der Waals surface area contributed by atoms with E-state index in [1.165, 1.54) is 0 Å². The number of carbonyl (C=O) groups excluding carboxylic acids is 1. The van der Waals surface area contributed by atoms with Gasteiger partial charge in [0, 0.05) is 32.6 Å². The predicted molar refractivity (Wildman–Crippen MR) is 80.3 cm³/mol. The highest BCUT2D eigenvalue weighted by atomic mass is 32.2. The van der Waals surface area contributed by atoms with Gasteiger partial charge >= 0.3 is 0 Å². The zero-order valence-electron chi connectivity index (χ0n) is 12.2. The zero-order chi connectivity index (χ0) is 15.1. The molecule has 0 aliphatic carbocycles. The lowest BCUT2D eigenvalue weighted by Gasteiger charge is -2.03. The van der Waals surface area contributed by atoms with Crippen molar-refractivity contribution in [2.45, 2.75) is 17.8 Å². The van der Waals surface area contributed by atoms with Crippen molar-refractivity contribution in [2.75, 3.05) is 19.8 Å². The summed E-state index contributed by atoms with van der Waals surface area (Å²) in [6.07, 6.45) is 3.64. The molecule has 114 valence electrons. The van der Waals surface area contributed by atoms with Gasteiger partial charge in [-0.1, -0.05) is 11.8 Å². The van der Waals surface area contributed by atoms with Crippen molar-refractivity contribution in [1.82, 2.24) is 14.9 Å². The van der Waals surface area contributed by atoms with Gasteiger partial charge in [0.1, 0.15) is 5.76 Å². The minimum atomic E-state index is -0.219. The van der Waals surface area contributed by atoms with Crippen molar-refractivity contribution in [1.29, 1.82) is 0 Å². The van der Waals surface area contributed by atoms with E-state index in [9.17, 15) is 4.79 Å². The Balaban J connectivity index is 1.80. The first-order valence-electron chi connectivity index (χ1n) is 6.75. The standard InChI is InChI=1S/C14H19N3O3S/c1-3-19-9-7-15-13(18)12-5-4-11(20-12)10-21-14-16-6-8-17(14)2/h4-6,8H,3,7,9-10H2,1-2H3,(H,15,18). The third-order valence-electron chi connectivity index (χ3n) is 2.74. The van der Waals surface area contributed by atoms with Crippen molar-refractivity contribution in [3.8, 4) is 0 Å². The van der Waals surface area contributed by atoms with Crippen LogP contribution in [0.5, 0.6) is 0 Å². The van der Waals surface area contributed by atoms with E-state index in [0.717, 1.165) is 10.9 Å². The Bertz CT molecular complexity index is 580. The summed E-state index contributed by atoms with van der Waals surface area (Å²) in [6, 6.07) is 3.50. The second-order valence-corrected chi connectivity index (χ2v) is 5.27. The number of nitrogens with one attached hydrogen (secondary N) is 1. The molecule has 0 aliphatic rings. The van der Waals surface area contributed by atoms with Crippen LogP contribution >= 0.6 is 11.8 Å². The molecule has 0 spiro atoms. The lowest BCUT2D eigenvalue weighted by atomic mass is 10.4. The van der Waals surface area contributed by atoms with Crippen molar-refractivity contribution in [3.63, 3.8) is 0 Å². The van der Waals surface area contributed by atoms with Gasteiger partial charge < -0.3 is 19.0 Å². The van der Waals surface area contributed by atoms with Crippen LogP contribution in [0, 0.1) is 0 Å². The molecular weight excluding hydrogens is 290 g/mol. The summed E-state index contributed by atoms with van der Waals surface area (Å²) in [7, 11) is 1.94. The van der Waals surface area contributed by atoms with E-state index in [4.69, 9.17) is 9.15 Å². The average Bonchev–Trinajstić information content (AvgIpc) is 3.10. The fourth-order valence-electron chi connectivity index (χ4n) is 1.67. The molecule has 2 heterocycles. The Morgan fingerprint density at radius 2 is 2.38 bits per heavy atom. The van der Waals surface area contributed by atoms with Crippen molar-refractivity contribution < 1.29 is 13.9 Å². The number of aryl methyl sites for hydroxylation is 1. The van der Waals surface area contributed by atoms with Gasteiger partial charge in [-0.25, -0.2) is 4.98 Å². The molecule has 0 aromatic carbocycles. The van der Waals surface area contributed by atoms with Gasteiger partial charge in [0.25, 0.3) is 5.91 Å². The highest BCUT2D eigenvalue weighted by Crippen LogP contribution is 2.21. The molecule has 2 rings (SSSR count). The van der Waals surface area contributed by atoms with Crippen molar-refractivity contribution >= 4 is 17.7 Å². The molecule has 0 aliphatic heterocycles. The number of ether oxygens (including phenoxy) is 1. The number of imidazole rings is 1. The summed E-state index contributed by atoms with van der Waals surface area (Å²) >= 11 is 1.56. The Kier molecular flexibility index (Phi) is 5.89. The summed E-state index contributed by atoms with van der Waals surface area (Å²) in [4.78, 5) is 16.0. The number of hydrogen-bond donors (Lipinski definition) is 1. The summed E-state index contributed by atoms with van der Waals surface area (Å²) in [6.45, 7) is 3.54. The molecule has 6 nitrogen and oxygen atoms in total. The highest BCUT2D eigenvalue weighted by Gasteiger charge is 2.11. The number of nitrogens with zero attached hydrogens (tertiary/aromatic N) is 2. The van der Waals surface area contributed by atoms with E-state index in [1.807, 2.05) is 30.8 Å². The molecule has 0 unspecified atom stereocenters. The maximum absolute atomic E-state index is 11.8. The number of rotatable bonds is 8. The van der Waals surface area contributed by atoms with Crippen LogP contribution in [-0.4, -0.2) is 35.2 Å². The van der Waals surface area contributed by atoms with Crippen LogP contribution in [0.15, 0.2) is 34.1 Å². The van der Waals surface area contributed by atoms with Gasteiger partial charge in [0.05, 0.1) is 12.4 Å². The van der Waals surface area contributed by atoms with E-state index < -0.39 is 0 Å². The van der Waals surface area contributed by atoms with Crippen molar-refractivity contribution in [2.24, 2.45) is 7.05 Å². The molecule has 2 aromatic rings. The van der Waals surface area contributed by atoms with E-state index >= 15 is 0 Å². The number of amides is 1. The van der Waals surface area contributed by atoms with Gasteiger partial charge in [0.15, 0.2) is 10.9 Å². The third kappa shape index (κ3) is 4.64. The smallest absolute Gasteiger partial charge is 0.287 e. The third-order valence-corrected chi connectivity index (χ3v) is 3.82. The maximum Gasteiger partial charge on any atom is 0.287 e. The van der Waals surface area contributed by atoms with Gasteiger partial charge in [0.2, 0.25) is 0 Å². The van der Waals surface area contributed by atoms with Crippen molar-refractivity contribution in [3.05, 3.63) is 36.0 Å². The SMILES string of the molecule is CCOCCNC(=O)c1ccc(CSc2nccn2C)o1. The van der Waals surface area contributed by atoms with Crippen LogP contribution in [-0.2, 0) is 17.5 Å². The quantitative estimate of drug-likeness (QED) is 0.597. The van der Waals surface area contributed by atoms with Crippen LogP contribution in [0.2, 0.25) is 0 Å². The Morgan fingerprint density at radius 1 is 1.52 bits per heavy atom. The molecule has 0 saturated heterocycles. The number of thioether (sulfide) groups is 1. The topological polar surface area (TPSA) is 69.3 Å². The Morgan fingerprint density at radius 3 is 3.10 bits per heavy atom. The van der Waals surface area contributed by atoms with Gasteiger partial charge in [-0.3, -0.25) is 4.79 Å². The minimum absolute atomic E-state index is 0.219. The molecular formula is C14H19N3O3S. The molecule has 0 fully saturated rings. The van der Waals surface area contributed by atoms with Gasteiger partial charge in [-0.2, -0.15) is 0 Å². The van der Waals surface area contributed by atoms with E-state index in [-0.39, 0.29) is 5.91 Å². The molecule has 0 bridgehead atoms. The lowest BCUT2D eigenvalue weighted by molar-refractivity contribution is 0.0894. The number of hydrogen-bond acceptors (Lipinski definition) is 5. The molecule has 1 amide bonds. The fraction of sp³-hybridized carbons (Fsp3) is 0.429. The first kappa shape index (κ1) is 15.7. The average molecular weight is 309 g/mol. The van der Waals surface area contributed by atoms with Crippen LogP contribution in [0.1, 0.15) is 23.2 Å². The first-order chi connectivity index (χ1) is 10.2. The minimum Gasteiger partial charge on any atom is -0.455 e. The highest BCUT2D eigenvalue weighted by molar-refractivity contribution is 7.98. The van der Waals surface area contributed by atoms with E-state index in [1.54, 1.807) is 24.0 Å². The second-order valence-electron chi connectivity index (χ2n) is 4.33. The number of furan rings is 1. The summed E-state index contributed by atoms with van der Waals surface area (Å²) in [5.41, 5.74) is 0. The first-order valence-corrected chi connectivity index (χ1v) is 7.74. The summed E-state index contributed by atoms with van der Waals surface area (Å²) in [5.74, 6) is 1.49. The largest absolute Gasteiger partial charge is 0.455 e. The van der Waals surface area contributed by atoms with Crippen LogP contribution in [0.4, 0.5) is 0 Å². The van der Waals surface area contributed by atoms with Crippen LogP contribution in [0.3, 0.4) is 0 Å². The molecule has 2 aromatic heterocycles. The zero-order valence-corrected chi connectivity index (χ0v) is 13.0. The maximum atomic E-state index is 11.8. The molecule has 0 saturated carbocycles. The Labute approximate surface area is 127 Å². The van der Waals surface area contributed by atoms with Crippen LogP contribution < -0.4 is 5.32 Å². The Hall–Kier alpha value is -1.73. The van der Waals surface area contributed by atoms with E-state index in [2.05, 4.69) is 10.3 Å². The lowest BCUT2D eigenvalue weighted by Crippen LogP contribution is -2.26. The molecule has 21 heavy (non-hydrogen) atoms. The number of carbonyl (C=O) groups is 1. The molecule has 7 heteroatoms.